The van der Waals surface area contributed by atoms with Crippen molar-refractivity contribution in [2.75, 3.05) is 32.1 Å². The molecule has 0 saturated carbocycles. The highest BCUT2D eigenvalue weighted by molar-refractivity contribution is 7.89. The molecule has 0 bridgehead atoms. The van der Waals surface area contributed by atoms with E-state index in [1.807, 2.05) is 25.1 Å². The summed E-state index contributed by atoms with van der Waals surface area (Å²) in [6, 6.07) is 4.99. The van der Waals surface area contributed by atoms with Gasteiger partial charge in [-0.05, 0) is 25.8 Å². The highest BCUT2D eigenvalue weighted by Gasteiger charge is 2.31. The number of carbonyl (C=O) groups is 1. The monoisotopic (exact) mass is 392 g/mol. The van der Waals surface area contributed by atoms with E-state index in [9.17, 15) is 13.2 Å². The number of aromatic nitrogens is 1. The van der Waals surface area contributed by atoms with Gasteiger partial charge in [0.15, 0.2) is 5.76 Å². The number of carbonyl (C=O) groups excluding carboxylic acids is 1. The summed E-state index contributed by atoms with van der Waals surface area (Å²) >= 11 is 0. The van der Waals surface area contributed by atoms with E-state index < -0.39 is 15.9 Å². The van der Waals surface area contributed by atoms with Crippen LogP contribution in [-0.2, 0) is 16.6 Å². The molecule has 1 N–H and O–H groups in total. The van der Waals surface area contributed by atoms with Gasteiger partial charge in [-0.1, -0.05) is 6.07 Å². The number of amides is 1. The van der Waals surface area contributed by atoms with E-state index in [0.717, 1.165) is 24.2 Å². The molecule has 8 nitrogen and oxygen atoms in total. The molecule has 1 aliphatic rings. The normalized spacial score (nSPS) is 15.1. The van der Waals surface area contributed by atoms with Crippen LogP contribution in [0, 0.1) is 6.92 Å². The van der Waals surface area contributed by atoms with Crippen molar-refractivity contribution >= 4 is 21.7 Å². The molecule has 0 aromatic carbocycles. The number of furan rings is 1. The largest absolute Gasteiger partial charge is 0.455 e. The first kappa shape index (κ1) is 19.4. The van der Waals surface area contributed by atoms with Crippen LogP contribution in [0.3, 0.4) is 0 Å². The highest BCUT2D eigenvalue weighted by Crippen LogP contribution is 2.26. The second-order valence-corrected chi connectivity index (χ2v) is 8.61. The lowest BCUT2D eigenvalue weighted by molar-refractivity contribution is 0.0922. The number of sulfonamides is 1. The molecule has 1 aliphatic heterocycles. The van der Waals surface area contributed by atoms with Crippen molar-refractivity contribution in [3.63, 3.8) is 0 Å². The van der Waals surface area contributed by atoms with Gasteiger partial charge in [-0.3, -0.25) is 4.79 Å². The summed E-state index contributed by atoms with van der Waals surface area (Å²) in [5.41, 5.74) is 0.851. The van der Waals surface area contributed by atoms with Gasteiger partial charge in [0.05, 0.1) is 0 Å². The summed E-state index contributed by atoms with van der Waals surface area (Å²) in [5, 5.41) is 2.76. The molecule has 0 spiro atoms. The van der Waals surface area contributed by atoms with Crippen LogP contribution in [0.5, 0.6) is 0 Å². The second-order valence-electron chi connectivity index (χ2n) is 6.71. The third kappa shape index (κ3) is 3.98. The average Bonchev–Trinajstić information content (AvgIpc) is 3.30. The van der Waals surface area contributed by atoms with Crippen LogP contribution in [-0.4, -0.2) is 50.8 Å². The first-order valence-electron chi connectivity index (χ1n) is 8.80. The Morgan fingerprint density at radius 1 is 1.33 bits per heavy atom. The molecule has 146 valence electrons. The van der Waals surface area contributed by atoms with Gasteiger partial charge in [0.1, 0.15) is 16.5 Å². The molecule has 0 atom stereocenters. The molecular formula is C18H24N4O4S. The molecular weight excluding hydrogens is 368 g/mol. The quantitative estimate of drug-likeness (QED) is 0.805. The van der Waals surface area contributed by atoms with Crippen LogP contribution in [0.15, 0.2) is 33.7 Å². The number of rotatable bonds is 6. The first-order chi connectivity index (χ1) is 12.8. The summed E-state index contributed by atoms with van der Waals surface area (Å²) in [7, 11) is 0.124. The van der Waals surface area contributed by atoms with Crippen molar-refractivity contribution in [1.82, 2.24) is 14.6 Å². The molecule has 2 aromatic rings. The molecule has 1 saturated heterocycles. The minimum atomic E-state index is -3.62. The summed E-state index contributed by atoms with van der Waals surface area (Å²) in [6.07, 6.45) is 3.39. The summed E-state index contributed by atoms with van der Waals surface area (Å²) < 4.78 is 32.3. The Morgan fingerprint density at radius 2 is 2.04 bits per heavy atom. The van der Waals surface area contributed by atoms with E-state index in [4.69, 9.17) is 4.42 Å². The number of hydrogen-bond acceptors (Lipinski definition) is 6. The molecule has 1 fully saturated rings. The fraction of sp³-hybridized carbons (Fsp3) is 0.444. The van der Waals surface area contributed by atoms with E-state index in [0.29, 0.717) is 13.1 Å². The number of nitrogens with one attached hydrogen (secondary N) is 1. The van der Waals surface area contributed by atoms with Gasteiger partial charge >= 0.3 is 0 Å². The van der Waals surface area contributed by atoms with Crippen LogP contribution in [0.2, 0.25) is 0 Å². The smallest absolute Gasteiger partial charge is 0.287 e. The molecule has 3 heterocycles. The topological polar surface area (TPSA) is 95.7 Å². The Morgan fingerprint density at radius 3 is 2.70 bits per heavy atom. The van der Waals surface area contributed by atoms with Crippen molar-refractivity contribution < 1.29 is 17.6 Å². The van der Waals surface area contributed by atoms with Crippen molar-refractivity contribution in [2.45, 2.75) is 31.2 Å². The highest BCUT2D eigenvalue weighted by atomic mass is 32.2. The molecule has 3 rings (SSSR count). The van der Waals surface area contributed by atoms with Crippen LogP contribution in [0.1, 0.15) is 34.7 Å². The molecule has 2 aromatic heterocycles. The summed E-state index contributed by atoms with van der Waals surface area (Å²) in [6.45, 7) is 2.82. The molecule has 0 unspecified atom stereocenters. The predicted molar refractivity (Wildman–Crippen MR) is 101 cm³/mol. The molecule has 0 aliphatic carbocycles. The zero-order chi connectivity index (χ0) is 19.6. The maximum atomic E-state index is 12.7. The zero-order valence-electron chi connectivity index (χ0n) is 15.7. The third-order valence-electron chi connectivity index (χ3n) is 4.51. The number of aryl methyl sites for hydroxylation is 1. The summed E-state index contributed by atoms with van der Waals surface area (Å²) in [5.74, 6) is 0.503. The summed E-state index contributed by atoms with van der Waals surface area (Å²) in [4.78, 5) is 18.7. The lowest BCUT2D eigenvalue weighted by atomic mass is 10.2. The minimum absolute atomic E-state index is 0.0134. The SMILES string of the molecule is Cc1oc(C(=O)NCc2cccnc2N(C)C)cc1S(=O)(=O)N1CCCC1. The van der Waals surface area contributed by atoms with Gasteiger partial charge in [-0.2, -0.15) is 4.31 Å². The Balaban J connectivity index is 1.75. The lowest BCUT2D eigenvalue weighted by Crippen LogP contribution is -2.28. The van der Waals surface area contributed by atoms with Crippen LogP contribution in [0.4, 0.5) is 5.82 Å². The van der Waals surface area contributed by atoms with Crippen LogP contribution < -0.4 is 10.2 Å². The third-order valence-corrected chi connectivity index (χ3v) is 6.52. The Hall–Kier alpha value is -2.39. The lowest BCUT2D eigenvalue weighted by Gasteiger charge is -2.15. The molecule has 0 radical (unpaired) electrons. The van der Waals surface area contributed by atoms with Gasteiger partial charge in [0, 0.05) is 51.6 Å². The predicted octanol–water partition coefficient (Wildman–Crippen LogP) is 1.76. The second kappa shape index (κ2) is 7.69. The van der Waals surface area contributed by atoms with Gasteiger partial charge in [0.25, 0.3) is 5.91 Å². The van der Waals surface area contributed by atoms with E-state index in [1.54, 1.807) is 19.2 Å². The standard InChI is InChI=1S/C18H24N4O4S/c1-13-16(27(24,25)22-9-4-5-10-22)11-15(26-13)18(23)20-12-14-7-6-8-19-17(14)21(2)3/h6-8,11H,4-5,9-10,12H2,1-3H3,(H,20,23). The number of hydrogen-bond donors (Lipinski definition) is 1. The van der Waals surface area contributed by atoms with Crippen molar-refractivity contribution in [3.05, 3.63) is 41.5 Å². The average molecular weight is 392 g/mol. The molecule has 1 amide bonds. The Bertz CT molecular complexity index is 931. The van der Waals surface area contributed by atoms with Crippen LogP contribution in [0.25, 0.3) is 0 Å². The van der Waals surface area contributed by atoms with E-state index >= 15 is 0 Å². The molecule has 27 heavy (non-hydrogen) atoms. The fourth-order valence-corrected chi connectivity index (χ4v) is 4.81. The van der Waals surface area contributed by atoms with Gasteiger partial charge in [-0.25, -0.2) is 13.4 Å². The fourth-order valence-electron chi connectivity index (χ4n) is 3.13. The van der Waals surface area contributed by atoms with E-state index in [2.05, 4.69) is 10.3 Å². The Labute approximate surface area is 159 Å². The number of anilines is 1. The first-order valence-corrected chi connectivity index (χ1v) is 10.2. The maximum absolute atomic E-state index is 12.7. The minimum Gasteiger partial charge on any atom is -0.455 e. The molecule has 9 heteroatoms. The van der Waals surface area contributed by atoms with Crippen molar-refractivity contribution in [2.24, 2.45) is 0 Å². The van der Waals surface area contributed by atoms with Crippen molar-refractivity contribution in [1.29, 1.82) is 0 Å². The van der Waals surface area contributed by atoms with Gasteiger partial charge < -0.3 is 14.6 Å². The van der Waals surface area contributed by atoms with E-state index in [-0.39, 0.29) is 23.0 Å². The van der Waals surface area contributed by atoms with Crippen molar-refractivity contribution in [3.8, 4) is 0 Å². The maximum Gasteiger partial charge on any atom is 0.287 e. The Kier molecular flexibility index (Phi) is 5.52. The van der Waals surface area contributed by atoms with E-state index in [1.165, 1.54) is 10.4 Å². The van der Waals surface area contributed by atoms with Gasteiger partial charge in [0.2, 0.25) is 10.0 Å². The van der Waals surface area contributed by atoms with Crippen LogP contribution >= 0.6 is 0 Å². The number of pyridine rings is 1. The zero-order valence-corrected chi connectivity index (χ0v) is 16.5. The number of nitrogens with zero attached hydrogens (tertiary/aromatic N) is 3. The van der Waals surface area contributed by atoms with Gasteiger partial charge in [-0.15, -0.1) is 0 Å².